The van der Waals surface area contributed by atoms with Gasteiger partial charge < -0.3 is 4.74 Å². The Hall–Kier alpha value is -1.29. The zero-order valence-electron chi connectivity index (χ0n) is 7.53. The number of carbonyl (C=O) groups excluding carboxylic acids is 1. The van der Waals surface area contributed by atoms with E-state index < -0.39 is 0 Å². The van der Waals surface area contributed by atoms with E-state index in [1.165, 1.54) is 7.11 Å². The van der Waals surface area contributed by atoms with Crippen molar-refractivity contribution in [2.24, 2.45) is 0 Å². The molecule has 0 fully saturated rings. The van der Waals surface area contributed by atoms with Crippen LogP contribution in [0.15, 0.2) is 30.5 Å². The van der Waals surface area contributed by atoms with Crippen LogP contribution in [-0.4, -0.2) is 16.7 Å². The first kappa shape index (κ1) is 9.27. The Bertz CT molecular complexity index is 490. The topological polar surface area (TPSA) is 31.2 Å². The summed E-state index contributed by atoms with van der Waals surface area (Å²) < 4.78 is 6.42. The van der Waals surface area contributed by atoms with E-state index in [0.717, 1.165) is 10.9 Å². The number of halogens is 1. The lowest BCUT2D eigenvalue weighted by Crippen LogP contribution is -1.99. The Balaban J connectivity index is 2.72. The van der Waals surface area contributed by atoms with Gasteiger partial charge in [-0.05, 0) is 6.07 Å². The minimum absolute atomic E-state index is 0.320. The first-order valence-electron chi connectivity index (χ1n) is 4.08. The van der Waals surface area contributed by atoms with Gasteiger partial charge in [-0.25, -0.2) is 4.79 Å². The van der Waals surface area contributed by atoms with Crippen LogP contribution < -0.4 is 0 Å². The molecule has 0 spiro atoms. The molecule has 2 aromatic rings. The molecule has 0 unspecified atom stereocenters. The molecule has 0 aliphatic rings. The van der Waals surface area contributed by atoms with Crippen LogP contribution in [0.4, 0.5) is 0 Å². The molecule has 0 amide bonds. The fourth-order valence-corrected chi connectivity index (χ4v) is 1.93. The SMILES string of the molecule is COC(=O)c1cn(Br)c2ccccc12. The summed E-state index contributed by atoms with van der Waals surface area (Å²) in [4.78, 5) is 11.4. The Morgan fingerprint density at radius 2 is 2.14 bits per heavy atom. The van der Waals surface area contributed by atoms with Crippen LogP contribution in [-0.2, 0) is 4.74 Å². The van der Waals surface area contributed by atoms with E-state index in [1.807, 2.05) is 24.3 Å². The van der Waals surface area contributed by atoms with Crippen molar-refractivity contribution in [1.82, 2.24) is 3.59 Å². The van der Waals surface area contributed by atoms with Crippen LogP contribution in [0.3, 0.4) is 0 Å². The van der Waals surface area contributed by atoms with Crippen molar-refractivity contribution in [2.45, 2.75) is 0 Å². The van der Waals surface area contributed by atoms with Crippen molar-refractivity contribution in [3.05, 3.63) is 36.0 Å². The van der Waals surface area contributed by atoms with Gasteiger partial charge in [-0.15, -0.1) is 0 Å². The Morgan fingerprint density at radius 3 is 2.86 bits per heavy atom. The first-order chi connectivity index (χ1) is 6.74. The van der Waals surface area contributed by atoms with Crippen LogP contribution in [0.1, 0.15) is 10.4 Å². The zero-order valence-corrected chi connectivity index (χ0v) is 9.11. The molecular formula is C10H8BrNO2. The van der Waals surface area contributed by atoms with E-state index >= 15 is 0 Å². The van der Waals surface area contributed by atoms with E-state index in [-0.39, 0.29) is 5.97 Å². The van der Waals surface area contributed by atoms with E-state index in [9.17, 15) is 4.79 Å². The molecular weight excluding hydrogens is 246 g/mol. The van der Waals surface area contributed by atoms with Gasteiger partial charge in [-0.1, -0.05) is 18.2 Å². The molecule has 3 nitrogen and oxygen atoms in total. The minimum atomic E-state index is -0.320. The van der Waals surface area contributed by atoms with Crippen LogP contribution in [0.2, 0.25) is 0 Å². The predicted molar refractivity (Wildman–Crippen MR) is 57.6 cm³/mol. The molecule has 0 aliphatic carbocycles. The second-order valence-corrected chi connectivity index (χ2v) is 3.63. The molecule has 0 atom stereocenters. The van der Waals surface area contributed by atoms with Gasteiger partial charge in [0.25, 0.3) is 0 Å². The van der Waals surface area contributed by atoms with E-state index in [2.05, 4.69) is 20.9 Å². The number of carbonyl (C=O) groups is 1. The smallest absolute Gasteiger partial charge is 0.340 e. The number of fused-ring (bicyclic) bond motifs is 1. The number of hydrogen-bond donors (Lipinski definition) is 0. The zero-order chi connectivity index (χ0) is 10.1. The molecule has 4 heteroatoms. The number of para-hydroxylation sites is 1. The van der Waals surface area contributed by atoms with Crippen molar-refractivity contribution in [3.63, 3.8) is 0 Å². The molecule has 1 aromatic heterocycles. The van der Waals surface area contributed by atoms with Crippen molar-refractivity contribution >= 4 is 33.0 Å². The highest BCUT2D eigenvalue weighted by atomic mass is 79.9. The highest BCUT2D eigenvalue weighted by Gasteiger charge is 2.13. The molecule has 14 heavy (non-hydrogen) atoms. The Morgan fingerprint density at radius 1 is 1.43 bits per heavy atom. The average Bonchev–Trinajstić information content (AvgIpc) is 2.56. The van der Waals surface area contributed by atoms with Crippen LogP contribution in [0.25, 0.3) is 10.9 Å². The number of nitrogens with zero attached hydrogens (tertiary/aromatic N) is 1. The summed E-state index contributed by atoms with van der Waals surface area (Å²) in [5, 5.41) is 0.885. The summed E-state index contributed by atoms with van der Waals surface area (Å²) in [5.74, 6) is -0.320. The maximum Gasteiger partial charge on any atom is 0.340 e. The van der Waals surface area contributed by atoms with E-state index in [4.69, 9.17) is 0 Å². The summed E-state index contributed by atoms with van der Waals surface area (Å²) in [6.07, 6.45) is 1.70. The van der Waals surface area contributed by atoms with Gasteiger partial charge in [0, 0.05) is 11.6 Å². The van der Waals surface area contributed by atoms with Gasteiger partial charge in [0.05, 0.1) is 34.3 Å². The monoisotopic (exact) mass is 253 g/mol. The molecule has 0 bridgehead atoms. The molecule has 2 rings (SSSR count). The normalized spacial score (nSPS) is 10.4. The number of rotatable bonds is 1. The van der Waals surface area contributed by atoms with Crippen molar-refractivity contribution in [3.8, 4) is 0 Å². The molecule has 0 saturated heterocycles. The van der Waals surface area contributed by atoms with Gasteiger partial charge in [0.2, 0.25) is 0 Å². The second kappa shape index (κ2) is 3.46. The lowest BCUT2D eigenvalue weighted by molar-refractivity contribution is 0.0603. The van der Waals surface area contributed by atoms with Crippen LogP contribution in [0.5, 0.6) is 0 Å². The lowest BCUT2D eigenvalue weighted by atomic mass is 10.2. The molecule has 0 saturated carbocycles. The maximum absolute atomic E-state index is 11.4. The third kappa shape index (κ3) is 1.32. The van der Waals surface area contributed by atoms with Crippen molar-refractivity contribution < 1.29 is 9.53 Å². The second-order valence-electron chi connectivity index (χ2n) is 2.86. The fraction of sp³-hybridized carbons (Fsp3) is 0.100. The number of hydrogen-bond acceptors (Lipinski definition) is 2. The fourth-order valence-electron chi connectivity index (χ4n) is 1.41. The standard InChI is InChI=1S/C10H8BrNO2/c1-14-10(13)8-6-12(11)9-5-3-2-4-7(8)9/h2-6H,1H3. The quantitative estimate of drug-likeness (QED) is 0.732. The minimum Gasteiger partial charge on any atom is -0.465 e. The third-order valence-electron chi connectivity index (χ3n) is 2.07. The largest absolute Gasteiger partial charge is 0.465 e. The van der Waals surface area contributed by atoms with Gasteiger partial charge in [0.15, 0.2) is 0 Å². The number of methoxy groups -OCH3 is 1. The predicted octanol–water partition coefficient (Wildman–Crippen LogP) is 2.59. The molecule has 0 radical (unpaired) electrons. The van der Waals surface area contributed by atoms with Crippen molar-refractivity contribution in [1.29, 1.82) is 0 Å². The van der Waals surface area contributed by atoms with Gasteiger partial charge in [-0.3, -0.25) is 3.59 Å². The third-order valence-corrected chi connectivity index (χ3v) is 2.66. The summed E-state index contributed by atoms with van der Waals surface area (Å²) in [5.41, 5.74) is 1.52. The summed E-state index contributed by atoms with van der Waals surface area (Å²) in [6, 6.07) is 7.62. The van der Waals surface area contributed by atoms with Gasteiger partial charge >= 0.3 is 5.97 Å². The first-order valence-corrected chi connectivity index (χ1v) is 4.79. The highest BCUT2D eigenvalue weighted by molar-refractivity contribution is 9.08. The molecule has 72 valence electrons. The molecule has 1 heterocycles. The molecule has 1 aromatic carbocycles. The average molecular weight is 254 g/mol. The summed E-state index contributed by atoms with van der Waals surface area (Å²) in [7, 11) is 1.38. The van der Waals surface area contributed by atoms with Crippen LogP contribution in [0, 0.1) is 0 Å². The maximum atomic E-state index is 11.4. The lowest BCUT2D eigenvalue weighted by Gasteiger charge is -1.95. The molecule has 0 aliphatic heterocycles. The number of aromatic nitrogens is 1. The summed E-state index contributed by atoms with van der Waals surface area (Å²) >= 11 is 3.32. The van der Waals surface area contributed by atoms with Gasteiger partial charge in [0.1, 0.15) is 0 Å². The summed E-state index contributed by atoms with van der Waals surface area (Å²) in [6.45, 7) is 0. The number of esters is 1. The van der Waals surface area contributed by atoms with E-state index in [1.54, 1.807) is 9.79 Å². The molecule has 0 N–H and O–H groups in total. The van der Waals surface area contributed by atoms with Crippen LogP contribution >= 0.6 is 16.1 Å². The van der Waals surface area contributed by atoms with Gasteiger partial charge in [-0.2, -0.15) is 0 Å². The Kier molecular flexibility index (Phi) is 2.29. The number of benzene rings is 1. The highest BCUT2D eigenvalue weighted by Crippen LogP contribution is 2.23. The van der Waals surface area contributed by atoms with Crippen molar-refractivity contribution in [2.75, 3.05) is 7.11 Å². The number of ether oxygens (including phenoxy) is 1. The Labute approximate surface area is 89.6 Å². The van der Waals surface area contributed by atoms with E-state index in [0.29, 0.717) is 5.56 Å².